The Kier molecular flexibility index (Phi) is 4.29. The van der Waals surface area contributed by atoms with Gasteiger partial charge in [-0.2, -0.15) is 0 Å². The van der Waals surface area contributed by atoms with Crippen molar-refractivity contribution in [2.45, 2.75) is 26.2 Å². The van der Waals surface area contributed by atoms with Gasteiger partial charge in [0.1, 0.15) is 0 Å². The number of anilines is 1. The lowest BCUT2D eigenvalue weighted by Crippen LogP contribution is -2.37. The van der Waals surface area contributed by atoms with E-state index < -0.39 is 0 Å². The first-order chi connectivity index (χ1) is 10.7. The van der Waals surface area contributed by atoms with Crippen LogP contribution in [0.5, 0.6) is 0 Å². The molecule has 2 amide bonds. The minimum atomic E-state index is -0.144. The molecule has 0 aromatic heterocycles. The van der Waals surface area contributed by atoms with Crippen LogP contribution >= 0.6 is 0 Å². The van der Waals surface area contributed by atoms with Gasteiger partial charge >= 0.3 is 6.03 Å². The molecule has 0 saturated heterocycles. The molecule has 0 aliphatic heterocycles. The lowest BCUT2D eigenvalue weighted by Gasteiger charge is -2.22. The van der Waals surface area contributed by atoms with Crippen molar-refractivity contribution >= 4 is 22.5 Å². The molecule has 4 heteroatoms. The molecule has 22 heavy (non-hydrogen) atoms. The van der Waals surface area contributed by atoms with Gasteiger partial charge in [-0.1, -0.05) is 31.2 Å². The predicted molar refractivity (Wildman–Crippen MR) is 89.3 cm³/mol. The van der Waals surface area contributed by atoms with Crippen molar-refractivity contribution in [3.8, 4) is 0 Å². The highest BCUT2D eigenvalue weighted by molar-refractivity contribution is 6.04. The number of urea groups is 1. The minimum Gasteiger partial charge on any atom is -0.395 e. The first-order valence-electron chi connectivity index (χ1n) is 7.95. The number of nitrogens with one attached hydrogen (secondary N) is 1. The molecule has 0 unspecified atom stereocenters. The normalized spacial score (nSPS) is 12.6. The smallest absolute Gasteiger partial charge is 0.321 e. The van der Waals surface area contributed by atoms with Crippen molar-refractivity contribution in [1.29, 1.82) is 0 Å². The fourth-order valence-corrected chi connectivity index (χ4v) is 3.26. The van der Waals surface area contributed by atoms with E-state index in [4.69, 9.17) is 5.11 Å². The molecule has 0 atom stereocenters. The molecule has 0 bridgehead atoms. The van der Waals surface area contributed by atoms with Gasteiger partial charge in [-0.3, -0.25) is 0 Å². The Labute approximate surface area is 130 Å². The first-order valence-corrected chi connectivity index (χ1v) is 7.95. The Hall–Kier alpha value is -2.07. The zero-order valence-electron chi connectivity index (χ0n) is 12.9. The number of nitrogens with zero attached hydrogens (tertiary/aromatic N) is 1. The monoisotopic (exact) mass is 298 g/mol. The van der Waals surface area contributed by atoms with E-state index in [0.717, 1.165) is 30.3 Å². The van der Waals surface area contributed by atoms with Gasteiger partial charge in [0.15, 0.2) is 0 Å². The molecular formula is C18H22N2O2. The van der Waals surface area contributed by atoms with Gasteiger partial charge < -0.3 is 15.3 Å². The van der Waals surface area contributed by atoms with Crippen molar-refractivity contribution in [3.05, 3.63) is 41.5 Å². The molecule has 0 radical (unpaired) electrons. The summed E-state index contributed by atoms with van der Waals surface area (Å²) >= 11 is 0. The number of carbonyl (C=O) groups is 1. The molecule has 0 fully saturated rings. The van der Waals surface area contributed by atoms with Gasteiger partial charge in [0.2, 0.25) is 0 Å². The topological polar surface area (TPSA) is 52.6 Å². The average Bonchev–Trinajstić information content (AvgIpc) is 2.95. The van der Waals surface area contributed by atoms with Gasteiger partial charge in [-0.15, -0.1) is 0 Å². The summed E-state index contributed by atoms with van der Waals surface area (Å²) in [5.74, 6) is 0. The van der Waals surface area contributed by atoms with Crippen LogP contribution in [-0.2, 0) is 12.8 Å². The Balaban J connectivity index is 1.90. The van der Waals surface area contributed by atoms with Crippen LogP contribution in [0.25, 0.3) is 10.8 Å². The summed E-state index contributed by atoms with van der Waals surface area (Å²) in [7, 11) is 0. The van der Waals surface area contributed by atoms with Gasteiger partial charge in [0, 0.05) is 18.5 Å². The number of rotatable bonds is 5. The van der Waals surface area contributed by atoms with Crippen LogP contribution < -0.4 is 5.32 Å². The number of aryl methyl sites for hydroxylation is 2. The van der Waals surface area contributed by atoms with E-state index in [1.807, 2.05) is 13.0 Å². The molecule has 2 aromatic carbocycles. The van der Waals surface area contributed by atoms with Crippen LogP contribution in [0.3, 0.4) is 0 Å². The van der Waals surface area contributed by atoms with E-state index in [2.05, 4.69) is 29.6 Å². The molecular weight excluding hydrogens is 276 g/mol. The Morgan fingerprint density at radius 3 is 2.68 bits per heavy atom. The quantitative estimate of drug-likeness (QED) is 0.891. The minimum absolute atomic E-state index is 0.0166. The summed E-state index contributed by atoms with van der Waals surface area (Å²) in [6.45, 7) is 3.02. The summed E-state index contributed by atoms with van der Waals surface area (Å²) in [4.78, 5) is 14.1. The van der Waals surface area contributed by atoms with Crippen LogP contribution in [0.2, 0.25) is 0 Å². The van der Waals surface area contributed by atoms with Crippen molar-refractivity contribution in [1.82, 2.24) is 4.90 Å². The van der Waals surface area contributed by atoms with E-state index in [9.17, 15) is 4.79 Å². The maximum Gasteiger partial charge on any atom is 0.321 e. The van der Waals surface area contributed by atoms with Crippen LogP contribution in [0.4, 0.5) is 10.5 Å². The van der Waals surface area contributed by atoms with E-state index >= 15 is 0 Å². The van der Waals surface area contributed by atoms with Gasteiger partial charge in [0.05, 0.1) is 12.3 Å². The van der Waals surface area contributed by atoms with Crippen molar-refractivity contribution in [2.75, 3.05) is 25.0 Å². The maximum absolute atomic E-state index is 12.4. The lowest BCUT2D eigenvalue weighted by atomic mass is 10.0. The van der Waals surface area contributed by atoms with Gasteiger partial charge in [-0.05, 0) is 41.8 Å². The molecule has 3 rings (SSSR count). The number of aliphatic hydroxyl groups excluding tert-OH is 1. The van der Waals surface area contributed by atoms with Crippen LogP contribution in [0.1, 0.15) is 24.5 Å². The second-order valence-electron chi connectivity index (χ2n) is 5.75. The summed E-state index contributed by atoms with van der Waals surface area (Å²) < 4.78 is 0. The highest BCUT2D eigenvalue weighted by Crippen LogP contribution is 2.35. The Bertz CT molecular complexity index is 681. The second kappa shape index (κ2) is 6.36. The number of hydrogen-bond donors (Lipinski definition) is 2. The average molecular weight is 298 g/mol. The first kappa shape index (κ1) is 14.9. The molecule has 116 valence electrons. The van der Waals surface area contributed by atoms with E-state index in [1.165, 1.54) is 16.5 Å². The fourth-order valence-electron chi connectivity index (χ4n) is 3.26. The standard InChI is InChI=1S/C18H22N2O2/c1-2-10-20(11-12-21)18(22)19-16-9-8-14-7-6-13-4-3-5-15(16)17(13)14/h3-5,8-9,21H,2,6-7,10-12H2,1H3,(H,19,22). The Morgan fingerprint density at radius 1 is 1.18 bits per heavy atom. The molecule has 2 N–H and O–H groups in total. The number of amides is 2. The van der Waals surface area contributed by atoms with Crippen LogP contribution in [-0.4, -0.2) is 35.7 Å². The van der Waals surface area contributed by atoms with Crippen LogP contribution in [0.15, 0.2) is 30.3 Å². The highest BCUT2D eigenvalue weighted by Gasteiger charge is 2.18. The molecule has 4 nitrogen and oxygen atoms in total. The van der Waals surface area contributed by atoms with Crippen LogP contribution in [0, 0.1) is 0 Å². The zero-order chi connectivity index (χ0) is 15.5. The SMILES string of the molecule is CCCN(CCO)C(=O)Nc1ccc2c3c(cccc13)CC2. The summed E-state index contributed by atoms with van der Waals surface area (Å²) in [5, 5.41) is 14.5. The van der Waals surface area contributed by atoms with E-state index in [0.29, 0.717) is 13.1 Å². The van der Waals surface area contributed by atoms with Crippen molar-refractivity contribution in [2.24, 2.45) is 0 Å². The third kappa shape index (κ3) is 2.66. The summed E-state index contributed by atoms with van der Waals surface area (Å²) in [6, 6.07) is 10.3. The summed E-state index contributed by atoms with van der Waals surface area (Å²) in [5.41, 5.74) is 3.58. The number of aliphatic hydroxyl groups is 1. The third-order valence-corrected chi connectivity index (χ3v) is 4.27. The molecule has 0 spiro atoms. The van der Waals surface area contributed by atoms with E-state index in [1.54, 1.807) is 4.90 Å². The molecule has 2 aromatic rings. The van der Waals surface area contributed by atoms with Gasteiger partial charge in [-0.25, -0.2) is 4.79 Å². The molecule has 1 aliphatic rings. The van der Waals surface area contributed by atoms with Crippen molar-refractivity contribution < 1.29 is 9.90 Å². The largest absolute Gasteiger partial charge is 0.395 e. The molecule has 0 heterocycles. The third-order valence-electron chi connectivity index (χ3n) is 4.27. The summed E-state index contributed by atoms with van der Waals surface area (Å²) in [6.07, 6.45) is 3.03. The van der Waals surface area contributed by atoms with E-state index in [-0.39, 0.29) is 12.6 Å². The second-order valence-corrected chi connectivity index (χ2v) is 5.75. The fraction of sp³-hybridized carbons (Fsp3) is 0.389. The number of carbonyl (C=O) groups excluding carboxylic acids is 1. The highest BCUT2D eigenvalue weighted by atomic mass is 16.3. The maximum atomic E-state index is 12.4. The zero-order valence-corrected chi connectivity index (χ0v) is 12.9. The van der Waals surface area contributed by atoms with Gasteiger partial charge in [0.25, 0.3) is 0 Å². The predicted octanol–water partition coefficient (Wildman–Crippen LogP) is 3.17. The molecule has 0 saturated carbocycles. The Morgan fingerprint density at radius 2 is 1.95 bits per heavy atom. The molecule has 1 aliphatic carbocycles. The lowest BCUT2D eigenvalue weighted by molar-refractivity contribution is 0.188. The number of hydrogen-bond acceptors (Lipinski definition) is 2. The van der Waals surface area contributed by atoms with Crippen molar-refractivity contribution in [3.63, 3.8) is 0 Å². The number of benzene rings is 2.